The predicted octanol–water partition coefficient (Wildman–Crippen LogP) is 5.21. The van der Waals surface area contributed by atoms with E-state index < -0.39 is 10.0 Å². The van der Waals surface area contributed by atoms with Crippen molar-refractivity contribution in [1.82, 2.24) is 4.98 Å². The van der Waals surface area contributed by atoms with Crippen molar-refractivity contribution >= 4 is 61.3 Å². The molecule has 0 aliphatic carbocycles. The van der Waals surface area contributed by atoms with Gasteiger partial charge < -0.3 is 5.32 Å². The van der Waals surface area contributed by atoms with Gasteiger partial charge in [-0.3, -0.25) is 9.52 Å². The molecule has 0 saturated carbocycles. The molecule has 1 heterocycles. The number of hydrogen-bond donors (Lipinski definition) is 2. The molecule has 6 nitrogen and oxygen atoms in total. The summed E-state index contributed by atoms with van der Waals surface area (Å²) in [6.07, 6.45) is 3.10. The van der Waals surface area contributed by atoms with Crippen LogP contribution >= 0.6 is 34.5 Å². The number of halogens is 2. The van der Waals surface area contributed by atoms with Crippen LogP contribution in [0.25, 0.3) is 0 Å². The molecule has 0 radical (unpaired) electrons. The quantitative estimate of drug-likeness (QED) is 0.473. The second-order valence-electron chi connectivity index (χ2n) is 6.10. The molecule has 1 aromatic heterocycles. The Morgan fingerprint density at radius 3 is 2.52 bits per heavy atom. The Balaban J connectivity index is 1.52. The molecule has 3 aromatic rings. The summed E-state index contributed by atoms with van der Waals surface area (Å²) in [4.78, 5) is 16.1. The zero-order valence-corrected chi connectivity index (χ0v) is 18.2. The first-order chi connectivity index (χ1) is 13.8. The fourth-order valence-electron chi connectivity index (χ4n) is 2.55. The Bertz CT molecular complexity index is 1090. The normalized spacial score (nSPS) is 11.2. The molecule has 0 aliphatic rings. The van der Waals surface area contributed by atoms with Crippen LogP contribution in [0.5, 0.6) is 0 Å². The average molecular weight is 470 g/mol. The van der Waals surface area contributed by atoms with Crippen LogP contribution in [0.4, 0.5) is 10.8 Å². The van der Waals surface area contributed by atoms with Crippen LogP contribution < -0.4 is 10.0 Å². The maximum Gasteiger partial charge on any atom is 0.263 e. The van der Waals surface area contributed by atoms with Crippen molar-refractivity contribution in [3.8, 4) is 0 Å². The molecule has 0 spiro atoms. The van der Waals surface area contributed by atoms with Gasteiger partial charge in [-0.05, 0) is 54.8 Å². The fourth-order valence-corrected chi connectivity index (χ4v) is 4.84. The van der Waals surface area contributed by atoms with Crippen molar-refractivity contribution < 1.29 is 13.2 Å². The molecule has 0 unspecified atom stereocenters. The summed E-state index contributed by atoms with van der Waals surface area (Å²) in [6, 6.07) is 11.2. The van der Waals surface area contributed by atoms with Crippen molar-refractivity contribution in [2.45, 2.75) is 24.2 Å². The summed E-state index contributed by atoms with van der Waals surface area (Å²) >= 11 is 13.2. The van der Waals surface area contributed by atoms with Gasteiger partial charge in [0.1, 0.15) is 0 Å². The molecule has 152 valence electrons. The maximum absolute atomic E-state index is 12.3. The summed E-state index contributed by atoms with van der Waals surface area (Å²) < 4.78 is 27.0. The first kappa shape index (κ1) is 21.6. The average Bonchev–Trinajstić information content (AvgIpc) is 3.16. The van der Waals surface area contributed by atoms with Gasteiger partial charge in [-0.1, -0.05) is 29.3 Å². The van der Waals surface area contributed by atoms with Gasteiger partial charge in [0.2, 0.25) is 5.91 Å². The highest BCUT2D eigenvalue weighted by Gasteiger charge is 2.15. The third kappa shape index (κ3) is 6.17. The molecule has 0 aliphatic heterocycles. The van der Waals surface area contributed by atoms with Gasteiger partial charge >= 0.3 is 0 Å². The Morgan fingerprint density at radius 2 is 1.86 bits per heavy atom. The molecular formula is C19H17Cl2N3O3S2. The van der Waals surface area contributed by atoms with E-state index in [-0.39, 0.29) is 10.8 Å². The molecule has 2 aromatic carbocycles. The number of sulfonamides is 1. The lowest BCUT2D eigenvalue weighted by Crippen LogP contribution is -2.14. The van der Waals surface area contributed by atoms with E-state index >= 15 is 0 Å². The van der Waals surface area contributed by atoms with Crippen LogP contribution in [0.15, 0.2) is 58.9 Å². The number of carbonyl (C=O) groups excluding carboxylic acids is 1. The third-order valence-electron chi connectivity index (χ3n) is 3.97. The van der Waals surface area contributed by atoms with E-state index in [0.29, 0.717) is 40.1 Å². The smallest absolute Gasteiger partial charge is 0.263 e. The number of rotatable bonds is 8. The Hall–Kier alpha value is -2.13. The summed E-state index contributed by atoms with van der Waals surface area (Å²) in [5.74, 6) is -0.161. The van der Waals surface area contributed by atoms with E-state index in [2.05, 4.69) is 15.0 Å². The van der Waals surface area contributed by atoms with Crippen LogP contribution in [0, 0.1) is 0 Å². The zero-order valence-electron chi connectivity index (χ0n) is 15.1. The van der Waals surface area contributed by atoms with Crippen LogP contribution in [0.2, 0.25) is 10.0 Å². The van der Waals surface area contributed by atoms with E-state index in [0.717, 1.165) is 5.56 Å². The largest absolute Gasteiger partial charge is 0.326 e. The first-order valence-corrected chi connectivity index (χ1v) is 11.7. The summed E-state index contributed by atoms with van der Waals surface area (Å²) in [5, 5.41) is 5.89. The molecule has 0 fully saturated rings. The zero-order chi connectivity index (χ0) is 20.9. The molecule has 0 saturated heterocycles. The van der Waals surface area contributed by atoms with Crippen molar-refractivity contribution in [3.05, 3.63) is 69.7 Å². The highest BCUT2D eigenvalue weighted by atomic mass is 35.5. The topological polar surface area (TPSA) is 88.2 Å². The Kier molecular flexibility index (Phi) is 7.13. The molecule has 29 heavy (non-hydrogen) atoms. The highest BCUT2D eigenvalue weighted by Crippen LogP contribution is 2.23. The fraction of sp³-hybridized carbons (Fsp3) is 0.158. The summed E-state index contributed by atoms with van der Waals surface area (Å²) in [6.45, 7) is 0. The van der Waals surface area contributed by atoms with Crippen LogP contribution in [0.3, 0.4) is 0 Å². The number of nitrogens with zero attached hydrogens (tertiary/aromatic N) is 1. The van der Waals surface area contributed by atoms with E-state index in [9.17, 15) is 13.2 Å². The molecule has 0 bridgehead atoms. The van der Waals surface area contributed by atoms with Gasteiger partial charge in [-0.25, -0.2) is 13.4 Å². The van der Waals surface area contributed by atoms with Gasteiger partial charge in [0.05, 0.1) is 4.90 Å². The monoisotopic (exact) mass is 469 g/mol. The van der Waals surface area contributed by atoms with Gasteiger partial charge in [0.25, 0.3) is 10.0 Å². The van der Waals surface area contributed by atoms with E-state index in [4.69, 9.17) is 23.2 Å². The van der Waals surface area contributed by atoms with Crippen molar-refractivity contribution in [3.63, 3.8) is 0 Å². The Labute approximate surface area is 182 Å². The second kappa shape index (κ2) is 9.58. The number of amides is 1. The summed E-state index contributed by atoms with van der Waals surface area (Å²) in [7, 11) is -3.72. The number of benzene rings is 2. The number of aromatic nitrogens is 1. The van der Waals surface area contributed by atoms with E-state index in [1.807, 2.05) is 6.07 Å². The van der Waals surface area contributed by atoms with Crippen LogP contribution in [-0.2, 0) is 21.2 Å². The van der Waals surface area contributed by atoms with Crippen molar-refractivity contribution in [1.29, 1.82) is 0 Å². The van der Waals surface area contributed by atoms with Crippen molar-refractivity contribution in [2.75, 3.05) is 10.0 Å². The number of carbonyl (C=O) groups is 1. The lowest BCUT2D eigenvalue weighted by molar-refractivity contribution is -0.116. The minimum absolute atomic E-state index is 0.0862. The number of anilines is 2. The Morgan fingerprint density at radius 1 is 1.10 bits per heavy atom. The summed E-state index contributed by atoms with van der Waals surface area (Å²) in [5.41, 5.74) is 1.46. The molecular weight excluding hydrogens is 453 g/mol. The number of thiazole rings is 1. The van der Waals surface area contributed by atoms with Crippen molar-refractivity contribution in [2.24, 2.45) is 0 Å². The first-order valence-electron chi connectivity index (χ1n) is 8.60. The minimum atomic E-state index is -3.72. The molecule has 2 N–H and O–H groups in total. The highest BCUT2D eigenvalue weighted by molar-refractivity contribution is 7.93. The van der Waals surface area contributed by atoms with Gasteiger partial charge in [0, 0.05) is 33.7 Å². The standard InChI is InChI=1S/C19H17Cl2N3O3S2/c20-14-5-4-13(17(21)12-14)2-1-3-18(25)23-15-6-8-16(9-7-15)29(26,27)24-19-22-10-11-28-19/h4-12H,1-3H2,(H,22,24)(H,23,25). The number of hydrogen-bond acceptors (Lipinski definition) is 5. The number of nitrogens with one attached hydrogen (secondary N) is 2. The molecule has 3 rings (SSSR count). The second-order valence-corrected chi connectivity index (χ2v) is 9.53. The molecule has 0 atom stereocenters. The minimum Gasteiger partial charge on any atom is -0.326 e. The number of aryl methyl sites for hydroxylation is 1. The van der Waals surface area contributed by atoms with E-state index in [1.54, 1.807) is 29.6 Å². The predicted molar refractivity (Wildman–Crippen MR) is 117 cm³/mol. The molecule has 1 amide bonds. The lowest BCUT2D eigenvalue weighted by atomic mass is 10.1. The SMILES string of the molecule is O=C(CCCc1ccc(Cl)cc1Cl)Nc1ccc(S(=O)(=O)Nc2nccs2)cc1. The van der Waals surface area contributed by atoms with E-state index in [1.165, 1.54) is 29.7 Å². The van der Waals surface area contributed by atoms with Gasteiger partial charge in [0.15, 0.2) is 5.13 Å². The van der Waals surface area contributed by atoms with Crippen LogP contribution in [0.1, 0.15) is 18.4 Å². The van der Waals surface area contributed by atoms with Gasteiger partial charge in [-0.2, -0.15) is 0 Å². The van der Waals surface area contributed by atoms with Crippen LogP contribution in [-0.4, -0.2) is 19.3 Å². The molecule has 10 heteroatoms. The maximum atomic E-state index is 12.3. The lowest BCUT2D eigenvalue weighted by Gasteiger charge is -2.08. The third-order valence-corrected chi connectivity index (χ3v) is 6.73. The van der Waals surface area contributed by atoms with Gasteiger partial charge in [-0.15, -0.1) is 11.3 Å².